The number of Topliss-reactive ketones (excluding diaryl/α,β-unsaturated/α-hetero) is 1. The van der Waals surface area contributed by atoms with Gasteiger partial charge >= 0.3 is 11.9 Å². The summed E-state index contributed by atoms with van der Waals surface area (Å²) in [5.41, 5.74) is -0.340. The lowest BCUT2D eigenvalue weighted by molar-refractivity contribution is -0.207. The van der Waals surface area contributed by atoms with Crippen molar-refractivity contribution in [2.75, 3.05) is 5.75 Å². The van der Waals surface area contributed by atoms with Crippen molar-refractivity contribution >= 4 is 39.0 Å². The van der Waals surface area contributed by atoms with Gasteiger partial charge in [-0.15, -0.1) is 5.10 Å². The molecule has 1 heterocycles. The number of nitrogens with zero attached hydrogens (tertiary/aromatic N) is 3. The summed E-state index contributed by atoms with van der Waals surface area (Å²) in [4.78, 5) is 25.8. The molecule has 2 atom stereocenters. The molecule has 0 fully saturated rings. The Morgan fingerprint density at radius 3 is 2.36 bits per heavy atom. The fraction of sp³-hybridized carbons (Fsp3) is 0.375. The number of benzene rings is 2. The number of aromatic nitrogens is 3. The molecule has 0 saturated heterocycles. The summed E-state index contributed by atoms with van der Waals surface area (Å²) in [7, 11) is -3.67. The fourth-order valence-electron chi connectivity index (χ4n) is 3.68. The molecule has 0 amide bonds. The second-order valence-corrected chi connectivity index (χ2v) is 11.5. The van der Waals surface area contributed by atoms with Crippen molar-refractivity contribution in [3.8, 4) is 11.4 Å². The summed E-state index contributed by atoms with van der Waals surface area (Å²) < 4.78 is 67.4. The van der Waals surface area contributed by atoms with E-state index in [4.69, 9.17) is 23.2 Å². The van der Waals surface area contributed by atoms with Crippen molar-refractivity contribution in [3.63, 3.8) is 0 Å². The van der Waals surface area contributed by atoms with Crippen LogP contribution in [-0.4, -0.2) is 51.7 Å². The lowest BCUT2D eigenvalue weighted by atomic mass is 10.0. The predicted molar refractivity (Wildman–Crippen MR) is 140 cm³/mol. The first-order valence-electron chi connectivity index (χ1n) is 11.7. The van der Waals surface area contributed by atoms with E-state index in [-0.39, 0.29) is 30.0 Å². The lowest BCUT2D eigenvalue weighted by Crippen LogP contribution is -2.37. The molecule has 9 nitrogen and oxygen atoms in total. The van der Waals surface area contributed by atoms with E-state index in [2.05, 4.69) is 9.82 Å². The van der Waals surface area contributed by atoms with E-state index in [0.717, 1.165) is 0 Å². The molecule has 0 spiro atoms. The highest BCUT2D eigenvalue weighted by molar-refractivity contribution is 7.89. The molecule has 2 N–H and O–H groups in total. The molecule has 0 radical (unpaired) electrons. The van der Waals surface area contributed by atoms with Crippen LogP contribution >= 0.6 is 23.2 Å². The molecular formula is C24H25Cl2F3N4O5S. The molecule has 1 unspecified atom stereocenters. The molecular weight excluding hydrogens is 584 g/mol. The molecule has 212 valence electrons. The van der Waals surface area contributed by atoms with Gasteiger partial charge in [-0.2, -0.15) is 13.2 Å². The monoisotopic (exact) mass is 608 g/mol. The first kappa shape index (κ1) is 30.8. The van der Waals surface area contributed by atoms with E-state index in [1.165, 1.54) is 31.2 Å². The maximum absolute atomic E-state index is 13.0. The predicted octanol–water partition coefficient (Wildman–Crippen LogP) is 3.97. The number of alkyl halides is 3. The van der Waals surface area contributed by atoms with Crippen LogP contribution in [0.2, 0.25) is 10.0 Å². The van der Waals surface area contributed by atoms with E-state index < -0.39 is 52.9 Å². The van der Waals surface area contributed by atoms with Crippen LogP contribution in [0, 0.1) is 0 Å². The molecule has 15 heteroatoms. The number of rotatable bonds is 12. The third-order valence-electron chi connectivity index (χ3n) is 5.78. The van der Waals surface area contributed by atoms with Crippen molar-refractivity contribution in [1.82, 2.24) is 19.1 Å². The number of halogens is 5. The van der Waals surface area contributed by atoms with Gasteiger partial charge in [-0.1, -0.05) is 41.4 Å². The van der Waals surface area contributed by atoms with Crippen LogP contribution in [-0.2, 0) is 27.9 Å². The molecule has 0 aliphatic rings. The molecule has 0 bridgehead atoms. The minimum absolute atomic E-state index is 0.00587. The Morgan fingerprint density at radius 1 is 1.13 bits per heavy atom. The zero-order chi connectivity index (χ0) is 29.0. The summed E-state index contributed by atoms with van der Waals surface area (Å²) in [6.45, 7) is -0.278. The molecule has 39 heavy (non-hydrogen) atoms. The molecule has 0 saturated carbocycles. The van der Waals surface area contributed by atoms with Crippen molar-refractivity contribution < 1.29 is 31.5 Å². The first-order valence-corrected chi connectivity index (χ1v) is 14.1. The topological polar surface area (TPSA) is 123 Å². The van der Waals surface area contributed by atoms with Crippen LogP contribution in [0.3, 0.4) is 0 Å². The second kappa shape index (κ2) is 12.6. The van der Waals surface area contributed by atoms with Gasteiger partial charge in [-0.25, -0.2) is 22.6 Å². The van der Waals surface area contributed by atoms with Crippen LogP contribution in [0.15, 0.2) is 53.3 Å². The third-order valence-corrected chi connectivity index (χ3v) is 7.78. The Bertz CT molecular complexity index is 1470. The quantitative estimate of drug-likeness (QED) is 0.321. The fourth-order valence-corrected chi connectivity index (χ4v) is 4.92. The summed E-state index contributed by atoms with van der Waals surface area (Å²) in [5.74, 6) is -0.933. The van der Waals surface area contributed by atoms with Crippen molar-refractivity contribution in [3.05, 3.63) is 74.6 Å². The number of hydrogen-bond donors (Lipinski definition) is 2. The average Bonchev–Trinajstić information content (AvgIpc) is 3.16. The van der Waals surface area contributed by atoms with Gasteiger partial charge in [0.1, 0.15) is 6.54 Å². The number of carbonyl (C=O) groups excluding carboxylic acids is 1. The van der Waals surface area contributed by atoms with Crippen LogP contribution in [0.4, 0.5) is 13.2 Å². The van der Waals surface area contributed by atoms with Gasteiger partial charge in [0.05, 0.1) is 12.3 Å². The normalized spacial score (nSPS) is 13.8. The largest absolute Gasteiger partial charge is 0.416 e. The van der Waals surface area contributed by atoms with Gasteiger partial charge in [-0.3, -0.25) is 9.36 Å². The molecule has 0 aliphatic carbocycles. The smallest absolute Gasteiger partial charge is 0.382 e. The van der Waals surface area contributed by atoms with Crippen molar-refractivity contribution in [2.24, 2.45) is 0 Å². The maximum Gasteiger partial charge on any atom is 0.416 e. The highest BCUT2D eigenvalue weighted by Crippen LogP contribution is 2.27. The van der Waals surface area contributed by atoms with Crippen molar-refractivity contribution in [2.45, 2.75) is 51.2 Å². The van der Waals surface area contributed by atoms with E-state index in [0.29, 0.717) is 24.9 Å². The minimum Gasteiger partial charge on any atom is -0.382 e. The lowest BCUT2D eigenvalue weighted by Gasteiger charge is -2.19. The van der Waals surface area contributed by atoms with Crippen LogP contribution in [0.25, 0.3) is 11.4 Å². The third kappa shape index (κ3) is 8.15. The standard InChI is InChI=1S/C24H25Cl2F3N4O5S/c1-2-39(37,38)31-20(18-5-3-4-6-19(18)26)12-11-17(34)13-33-23(36)32(14-21(35)24(27,28)29)22(30-33)15-7-9-16(25)10-8-15/h3-10,20-21,31,35H,2,11-14H2,1H3/t20?,21-/m0/s1. The number of sulfonamides is 1. The van der Waals surface area contributed by atoms with Gasteiger partial charge in [0, 0.05) is 28.1 Å². The van der Waals surface area contributed by atoms with E-state index in [9.17, 15) is 36.3 Å². The average molecular weight is 609 g/mol. The van der Waals surface area contributed by atoms with Crippen LogP contribution in [0.1, 0.15) is 31.4 Å². The van der Waals surface area contributed by atoms with Crippen molar-refractivity contribution in [1.29, 1.82) is 0 Å². The zero-order valence-electron chi connectivity index (χ0n) is 20.5. The summed E-state index contributed by atoms with van der Waals surface area (Å²) in [5, 5.41) is 14.3. The van der Waals surface area contributed by atoms with E-state index >= 15 is 0 Å². The number of ketones is 1. The Labute approximate surface area is 232 Å². The molecule has 1 aromatic heterocycles. The number of hydrogen-bond acceptors (Lipinski definition) is 6. The molecule has 3 aromatic rings. The number of carbonyl (C=O) groups is 1. The zero-order valence-corrected chi connectivity index (χ0v) is 22.9. The molecule has 0 aliphatic heterocycles. The van der Waals surface area contributed by atoms with Crippen LogP contribution < -0.4 is 10.4 Å². The summed E-state index contributed by atoms with van der Waals surface area (Å²) in [6, 6.07) is 11.4. The van der Waals surface area contributed by atoms with Gasteiger partial charge in [0.15, 0.2) is 17.7 Å². The minimum atomic E-state index is -4.99. The second-order valence-electron chi connectivity index (χ2n) is 8.61. The SMILES string of the molecule is CCS(=O)(=O)NC(CCC(=O)Cn1nc(-c2ccc(Cl)cc2)n(C[C@H](O)C(F)(F)F)c1=O)c1ccccc1Cl. The highest BCUT2D eigenvalue weighted by atomic mass is 35.5. The summed E-state index contributed by atoms with van der Waals surface area (Å²) >= 11 is 12.1. The van der Waals surface area contributed by atoms with Gasteiger partial charge in [0.25, 0.3) is 0 Å². The Balaban J connectivity index is 1.86. The number of aliphatic hydroxyl groups excluding tert-OH is 1. The molecule has 3 rings (SSSR count). The molecule has 2 aromatic carbocycles. The van der Waals surface area contributed by atoms with Gasteiger partial charge in [-0.05, 0) is 49.2 Å². The first-order chi connectivity index (χ1) is 18.2. The Kier molecular flexibility index (Phi) is 9.99. The van der Waals surface area contributed by atoms with Gasteiger partial charge < -0.3 is 5.11 Å². The number of aliphatic hydroxyl groups is 1. The Hall–Kier alpha value is -2.71. The summed E-state index contributed by atoms with van der Waals surface area (Å²) in [6.07, 6.45) is -8.05. The number of nitrogens with one attached hydrogen (secondary N) is 1. The van der Waals surface area contributed by atoms with E-state index in [1.807, 2.05) is 0 Å². The van der Waals surface area contributed by atoms with Crippen LogP contribution in [0.5, 0.6) is 0 Å². The van der Waals surface area contributed by atoms with E-state index in [1.54, 1.807) is 24.3 Å². The Morgan fingerprint density at radius 2 is 1.77 bits per heavy atom. The maximum atomic E-state index is 13.0. The van der Waals surface area contributed by atoms with Gasteiger partial charge in [0.2, 0.25) is 10.0 Å². The highest BCUT2D eigenvalue weighted by Gasteiger charge is 2.39.